The molecular weight excluding hydrogens is 422 g/mol. The Balaban J connectivity index is 1.39. The number of nitrogens with one attached hydrogen (secondary N) is 1. The third-order valence-corrected chi connectivity index (χ3v) is 6.56. The lowest BCUT2D eigenvalue weighted by Gasteiger charge is -2.22. The van der Waals surface area contributed by atoms with Crippen LogP contribution in [0.25, 0.3) is 21.4 Å². The molecule has 1 aliphatic carbocycles. The maximum Gasteiger partial charge on any atom is 0.184 e. The molecule has 7 heteroatoms. The van der Waals surface area contributed by atoms with Gasteiger partial charge in [-0.25, -0.2) is 15.0 Å². The highest BCUT2D eigenvalue weighted by atomic mass is 79.9. The summed E-state index contributed by atoms with van der Waals surface area (Å²) in [6, 6.07) is 11.0. The number of aromatic nitrogens is 4. The number of hydrogen-bond donors (Lipinski definition) is 1. The first-order valence-corrected chi connectivity index (χ1v) is 11.0. The molecule has 0 radical (unpaired) electrons. The number of hydrogen-bond acceptors (Lipinski definition) is 5. The van der Waals surface area contributed by atoms with Crippen molar-refractivity contribution in [1.29, 1.82) is 0 Å². The van der Waals surface area contributed by atoms with Crippen LogP contribution in [0.15, 0.2) is 41.3 Å². The van der Waals surface area contributed by atoms with Gasteiger partial charge in [0, 0.05) is 6.04 Å². The largest absolute Gasteiger partial charge is 0.359 e. The van der Waals surface area contributed by atoms with Crippen molar-refractivity contribution in [2.24, 2.45) is 0 Å². The van der Waals surface area contributed by atoms with Gasteiger partial charge in [-0.1, -0.05) is 36.7 Å². The van der Waals surface area contributed by atoms with Crippen LogP contribution >= 0.6 is 27.3 Å². The summed E-state index contributed by atoms with van der Waals surface area (Å²) in [4.78, 5) is 13.8. The van der Waals surface area contributed by atoms with E-state index in [4.69, 9.17) is 4.98 Å². The van der Waals surface area contributed by atoms with E-state index in [0.717, 1.165) is 33.0 Å². The molecule has 138 valence electrons. The van der Waals surface area contributed by atoms with Gasteiger partial charge in [0.05, 0.1) is 23.1 Å². The number of thiazole rings is 1. The molecule has 1 aromatic carbocycles. The molecule has 3 heterocycles. The first kappa shape index (κ1) is 17.1. The SMILES string of the molecule is Brc1ccc2ncn(Cc3ccc4nc(NC5CCCCC5)sc4c3)c2n1. The van der Waals surface area contributed by atoms with E-state index in [2.05, 4.69) is 54.0 Å². The van der Waals surface area contributed by atoms with Crippen molar-refractivity contribution in [3.8, 4) is 0 Å². The van der Waals surface area contributed by atoms with Gasteiger partial charge in [-0.2, -0.15) is 0 Å². The van der Waals surface area contributed by atoms with E-state index in [9.17, 15) is 0 Å². The summed E-state index contributed by atoms with van der Waals surface area (Å²) in [5.41, 5.74) is 4.11. The second-order valence-electron chi connectivity index (χ2n) is 7.15. The Hall–Kier alpha value is -1.99. The molecule has 3 aromatic heterocycles. The van der Waals surface area contributed by atoms with Crippen molar-refractivity contribution >= 4 is 53.8 Å². The zero-order valence-electron chi connectivity index (χ0n) is 14.9. The first-order valence-electron chi connectivity index (χ1n) is 9.38. The van der Waals surface area contributed by atoms with Crippen molar-refractivity contribution in [2.45, 2.75) is 44.7 Å². The Morgan fingerprint density at radius 1 is 1.07 bits per heavy atom. The van der Waals surface area contributed by atoms with Crippen molar-refractivity contribution < 1.29 is 0 Å². The number of fused-ring (bicyclic) bond motifs is 2. The van der Waals surface area contributed by atoms with Crippen molar-refractivity contribution in [3.05, 3.63) is 46.8 Å². The van der Waals surface area contributed by atoms with Gasteiger partial charge >= 0.3 is 0 Å². The smallest absolute Gasteiger partial charge is 0.184 e. The predicted octanol–water partition coefficient (Wildman–Crippen LogP) is 5.60. The number of imidazole rings is 1. The zero-order chi connectivity index (χ0) is 18.2. The molecule has 0 bridgehead atoms. The fourth-order valence-electron chi connectivity index (χ4n) is 3.78. The number of benzene rings is 1. The Labute approximate surface area is 170 Å². The highest BCUT2D eigenvalue weighted by molar-refractivity contribution is 9.10. The lowest BCUT2D eigenvalue weighted by molar-refractivity contribution is 0.462. The predicted molar refractivity (Wildman–Crippen MR) is 114 cm³/mol. The summed E-state index contributed by atoms with van der Waals surface area (Å²) >= 11 is 5.20. The highest BCUT2D eigenvalue weighted by Gasteiger charge is 2.15. The summed E-state index contributed by atoms with van der Waals surface area (Å²) in [5.74, 6) is 0. The normalized spacial score (nSPS) is 15.6. The summed E-state index contributed by atoms with van der Waals surface area (Å²) < 4.78 is 4.14. The number of halogens is 1. The second-order valence-corrected chi connectivity index (χ2v) is 8.99. The molecule has 1 fully saturated rings. The van der Waals surface area contributed by atoms with Crippen LogP contribution in [-0.4, -0.2) is 25.6 Å². The van der Waals surface area contributed by atoms with Gasteiger partial charge in [0.2, 0.25) is 0 Å². The Morgan fingerprint density at radius 2 is 1.93 bits per heavy atom. The fourth-order valence-corrected chi connectivity index (χ4v) is 5.09. The molecule has 5 rings (SSSR count). The molecule has 0 saturated heterocycles. The molecule has 0 atom stereocenters. The number of nitrogens with zero attached hydrogens (tertiary/aromatic N) is 4. The molecule has 0 unspecified atom stereocenters. The molecule has 27 heavy (non-hydrogen) atoms. The second kappa shape index (κ2) is 7.20. The van der Waals surface area contributed by atoms with Crippen LogP contribution in [0.5, 0.6) is 0 Å². The Kier molecular flexibility index (Phi) is 4.57. The number of anilines is 1. The topological polar surface area (TPSA) is 55.6 Å². The standard InChI is InChI=1S/C20H20BrN5S/c21-18-9-8-16-19(25-18)26(12-22-16)11-13-6-7-15-17(10-13)27-20(24-15)23-14-4-2-1-3-5-14/h6-10,12,14H,1-5,11H2,(H,23,24). The van der Waals surface area contributed by atoms with E-state index < -0.39 is 0 Å². The Morgan fingerprint density at radius 3 is 2.81 bits per heavy atom. The summed E-state index contributed by atoms with van der Waals surface area (Å²) in [7, 11) is 0. The van der Waals surface area contributed by atoms with E-state index in [0.29, 0.717) is 6.04 Å². The lowest BCUT2D eigenvalue weighted by atomic mass is 9.96. The highest BCUT2D eigenvalue weighted by Crippen LogP contribution is 2.30. The monoisotopic (exact) mass is 441 g/mol. The van der Waals surface area contributed by atoms with Gasteiger partial charge in [0.1, 0.15) is 10.1 Å². The Bertz CT molecular complexity index is 1100. The third-order valence-electron chi connectivity index (χ3n) is 5.17. The zero-order valence-corrected chi connectivity index (χ0v) is 17.3. The number of rotatable bonds is 4. The lowest BCUT2D eigenvalue weighted by Crippen LogP contribution is -2.21. The van der Waals surface area contributed by atoms with Crippen LogP contribution in [-0.2, 0) is 6.54 Å². The van der Waals surface area contributed by atoms with Gasteiger partial charge in [-0.3, -0.25) is 0 Å². The maximum absolute atomic E-state index is 4.78. The van der Waals surface area contributed by atoms with Crippen LogP contribution in [0, 0.1) is 0 Å². The van der Waals surface area contributed by atoms with Crippen molar-refractivity contribution in [2.75, 3.05) is 5.32 Å². The van der Waals surface area contributed by atoms with Crippen LogP contribution < -0.4 is 5.32 Å². The minimum atomic E-state index is 0.584. The average molecular weight is 442 g/mol. The molecular formula is C20H20BrN5S. The maximum atomic E-state index is 4.78. The van der Waals surface area contributed by atoms with E-state index in [-0.39, 0.29) is 0 Å². The molecule has 1 N–H and O–H groups in total. The number of pyridine rings is 1. The molecule has 0 amide bonds. The quantitative estimate of drug-likeness (QED) is 0.418. The van der Waals surface area contributed by atoms with Crippen LogP contribution in [0.1, 0.15) is 37.7 Å². The van der Waals surface area contributed by atoms with Crippen LogP contribution in [0.3, 0.4) is 0 Å². The first-order chi connectivity index (χ1) is 13.2. The molecule has 0 aliphatic heterocycles. The molecule has 1 saturated carbocycles. The summed E-state index contributed by atoms with van der Waals surface area (Å²) in [6.45, 7) is 0.749. The van der Waals surface area contributed by atoms with Crippen LogP contribution in [0.2, 0.25) is 0 Å². The van der Waals surface area contributed by atoms with Gasteiger partial charge in [-0.15, -0.1) is 0 Å². The van der Waals surface area contributed by atoms with Gasteiger partial charge in [-0.05, 0) is 58.6 Å². The van der Waals surface area contributed by atoms with E-state index in [1.807, 2.05) is 18.5 Å². The fraction of sp³-hybridized carbons (Fsp3) is 0.350. The summed E-state index contributed by atoms with van der Waals surface area (Å²) in [5, 5.41) is 4.69. The van der Waals surface area contributed by atoms with E-state index >= 15 is 0 Å². The minimum absolute atomic E-state index is 0.584. The third kappa shape index (κ3) is 3.58. The van der Waals surface area contributed by atoms with Crippen LogP contribution in [0.4, 0.5) is 5.13 Å². The van der Waals surface area contributed by atoms with Gasteiger partial charge in [0.15, 0.2) is 10.8 Å². The average Bonchev–Trinajstić information content (AvgIpc) is 3.26. The van der Waals surface area contributed by atoms with E-state index in [1.54, 1.807) is 11.3 Å². The van der Waals surface area contributed by atoms with Gasteiger partial charge in [0.25, 0.3) is 0 Å². The molecule has 5 nitrogen and oxygen atoms in total. The molecule has 0 spiro atoms. The molecule has 1 aliphatic rings. The minimum Gasteiger partial charge on any atom is -0.359 e. The van der Waals surface area contributed by atoms with Crippen molar-refractivity contribution in [1.82, 2.24) is 19.5 Å². The van der Waals surface area contributed by atoms with E-state index in [1.165, 1.54) is 42.4 Å². The van der Waals surface area contributed by atoms with Crippen molar-refractivity contribution in [3.63, 3.8) is 0 Å². The molecule has 4 aromatic rings. The van der Waals surface area contributed by atoms with Gasteiger partial charge < -0.3 is 9.88 Å². The summed E-state index contributed by atoms with van der Waals surface area (Å²) in [6.07, 6.45) is 8.41.